The summed E-state index contributed by atoms with van der Waals surface area (Å²) in [6, 6.07) is 9.44. The van der Waals surface area contributed by atoms with Gasteiger partial charge in [-0.25, -0.2) is 0 Å². The Balaban J connectivity index is 2.31. The minimum atomic E-state index is -1.08. The largest absolute Gasteiger partial charge is 0.299 e. The van der Waals surface area contributed by atoms with Gasteiger partial charge in [-0.05, 0) is 30.6 Å². The van der Waals surface area contributed by atoms with Crippen LogP contribution < -0.4 is 0 Å². The Morgan fingerprint density at radius 2 is 1.83 bits per heavy atom. The number of Topliss-reactive ketones (excluding diaryl/α,β-unsaturated/α-hetero) is 3. The molecule has 18 heavy (non-hydrogen) atoms. The van der Waals surface area contributed by atoms with Gasteiger partial charge in [0.15, 0.2) is 11.6 Å². The molecule has 1 aromatic carbocycles. The van der Waals surface area contributed by atoms with Crippen molar-refractivity contribution >= 4 is 23.4 Å². The molecule has 0 aliphatic heterocycles. The number of hydrogen-bond acceptors (Lipinski definition) is 3. The van der Waals surface area contributed by atoms with Crippen LogP contribution in [0.15, 0.2) is 35.9 Å². The second-order valence-corrected chi connectivity index (χ2v) is 4.45. The fourth-order valence-corrected chi connectivity index (χ4v) is 2.16. The molecule has 92 valence electrons. The van der Waals surface area contributed by atoms with E-state index in [4.69, 9.17) is 0 Å². The van der Waals surface area contributed by atoms with Crippen LogP contribution in [0, 0.1) is 5.92 Å². The maximum absolute atomic E-state index is 12.1. The fraction of sp³-hybridized carbons (Fsp3) is 0.267. The second-order valence-electron chi connectivity index (χ2n) is 4.45. The van der Waals surface area contributed by atoms with Crippen LogP contribution in [0.2, 0.25) is 0 Å². The van der Waals surface area contributed by atoms with Gasteiger partial charge in [0.2, 0.25) is 0 Å². The van der Waals surface area contributed by atoms with E-state index in [2.05, 4.69) is 0 Å². The summed E-state index contributed by atoms with van der Waals surface area (Å²) in [4.78, 5) is 35.0. The molecule has 1 atom stereocenters. The highest BCUT2D eigenvalue weighted by Gasteiger charge is 2.36. The van der Waals surface area contributed by atoms with E-state index >= 15 is 0 Å². The lowest BCUT2D eigenvalue weighted by molar-refractivity contribution is -0.139. The summed E-state index contributed by atoms with van der Waals surface area (Å²) in [5, 5.41) is 0. The van der Waals surface area contributed by atoms with Gasteiger partial charge in [0.1, 0.15) is 11.7 Å². The molecule has 1 aliphatic rings. The molecule has 1 aliphatic carbocycles. The Bertz CT molecular complexity index is 526. The minimum absolute atomic E-state index is 0.252. The number of ketones is 3. The fourth-order valence-electron chi connectivity index (χ4n) is 2.16. The van der Waals surface area contributed by atoms with Crippen molar-refractivity contribution in [1.29, 1.82) is 0 Å². The normalized spacial score (nSPS) is 22.3. The van der Waals surface area contributed by atoms with Gasteiger partial charge < -0.3 is 0 Å². The number of carbonyl (C=O) groups excluding carboxylic acids is 3. The minimum Gasteiger partial charge on any atom is -0.299 e. The summed E-state index contributed by atoms with van der Waals surface area (Å²) in [5.74, 6) is -2.02. The highest BCUT2D eigenvalue weighted by molar-refractivity contribution is 6.26. The molecule has 0 saturated heterocycles. The predicted molar refractivity (Wildman–Crippen MR) is 67.8 cm³/mol. The molecule has 1 aromatic rings. The molecule has 0 radical (unpaired) electrons. The topological polar surface area (TPSA) is 51.2 Å². The van der Waals surface area contributed by atoms with Crippen molar-refractivity contribution in [3.8, 4) is 0 Å². The van der Waals surface area contributed by atoms with Crippen LogP contribution in [-0.4, -0.2) is 17.3 Å². The average Bonchev–Trinajstić information content (AvgIpc) is 2.34. The zero-order valence-electron chi connectivity index (χ0n) is 10.2. The molecule has 0 bridgehead atoms. The summed E-state index contributed by atoms with van der Waals surface area (Å²) < 4.78 is 0. The summed E-state index contributed by atoms with van der Waals surface area (Å²) in [5.41, 5.74) is 1.48. The molecule has 0 amide bonds. The SMILES string of the molecule is CC(=O)C1C(=O)CC/C(=C/c2ccccc2)C1=O. The lowest BCUT2D eigenvalue weighted by Crippen LogP contribution is -2.35. The molecule has 3 nitrogen and oxygen atoms in total. The van der Waals surface area contributed by atoms with E-state index in [0.717, 1.165) is 5.56 Å². The maximum atomic E-state index is 12.1. The third-order valence-electron chi connectivity index (χ3n) is 3.09. The van der Waals surface area contributed by atoms with Gasteiger partial charge in [-0.3, -0.25) is 14.4 Å². The average molecular weight is 242 g/mol. The molecule has 3 heteroatoms. The van der Waals surface area contributed by atoms with Gasteiger partial charge in [0.05, 0.1) is 0 Å². The molecule has 1 fully saturated rings. The van der Waals surface area contributed by atoms with Crippen LogP contribution in [0.1, 0.15) is 25.3 Å². The molecule has 0 N–H and O–H groups in total. The van der Waals surface area contributed by atoms with Gasteiger partial charge in [-0.15, -0.1) is 0 Å². The first-order valence-corrected chi connectivity index (χ1v) is 5.92. The molecule has 0 aromatic heterocycles. The van der Waals surface area contributed by atoms with Crippen molar-refractivity contribution < 1.29 is 14.4 Å². The number of allylic oxidation sites excluding steroid dienone is 1. The zero-order chi connectivity index (χ0) is 13.1. The monoisotopic (exact) mass is 242 g/mol. The molecular weight excluding hydrogens is 228 g/mol. The number of carbonyl (C=O) groups is 3. The highest BCUT2D eigenvalue weighted by Crippen LogP contribution is 2.25. The second kappa shape index (κ2) is 5.08. The highest BCUT2D eigenvalue weighted by atomic mass is 16.2. The van der Waals surface area contributed by atoms with Crippen molar-refractivity contribution in [3.63, 3.8) is 0 Å². The van der Waals surface area contributed by atoms with Crippen molar-refractivity contribution in [2.24, 2.45) is 5.92 Å². The summed E-state index contributed by atoms with van der Waals surface area (Å²) in [6.45, 7) is 1.30. The van der Waals surface area contributed by atoms with E-state index in [1.807, 2.05) is 30.3 Å². The third-order valence-corrected chi connectivity index (χ3v) is 3.09. The van der Waals surface area contributed by atoms with Gasteiger partial charge in [0, 0.05) is 6.42 Å². The van der Waals surface area contributed by atoms with Crippen molar-refractivity contribution in [2.45, 2.75) is 19.8 Å². The standard InChI is InChI=1S/C15H14O3/c1-10(16)14-13(17)8-7-12(15(14)18)9-11-5-3-2-4-6-11/h2-6,9,14H,7-8H2,1H3/b12-9-. The van der Waals surface area contributed by atoms with E-state index in [1.54, 1.807) is 6.08 Å². The van der Waals surface area contributed by atoms with Crippen molar-refractivity contribution in [2.75, 3.05) is 0 Å². The molecule has 1 saturated carbocycles. The van der Waals surface area contributed by atoms with E-state index in [1.165, 1.54) is 6.92 Å². The number of benzene rings is 1. The summed E-state index contributed by atoms with van der Waals surface area (Å²) in [7, 11) is 0. The molecular formula is C15H14O3. The van der Waals surface area contributed by atoms with E-state index < -0.39 is 5.92 Å². The van der Waals surface area contributed by atoms with Crippen molar-refractivity contribution in [3.05, 3.63) is 41.5 Å². The van der Waals surface area contributed by atoms with Gasteiger partial charge in [-0.2, -0.15) is 0 Å². The number of rotatable bonds is 2. The predicted octanol–water partition coefficient (Wildman–Crippen LogP) is 2.21. The lowest BCUT2D eigenvalue weighted by Gasteiger charge is -2.19. The molecule has 1 unspecified atom stereocenters. The smallest absolute Gasteiger partial charge is 0.176 e. The first-order chi connectivity index (χ1) is 8.59. The first kappa shape index (κ1) is 12.4. The Hall–Kier alpha value is -2.03. The van der Waals surface area contributed by atoms with Gasteiger partial charge in [0.25, 0.3) is 0 Å². The Labute approximate surface area is 106 Å². The van der Waals surface area contributed by atoms with Crippen LogP contribution in [0.25, 0.3) is 6.08 Å². The molecule has 0 heterocycles. The van der Waals surface area contributed by atoms with E-state index in [-0.39, 0.29) is 23.8 Å². The Kier molecular flexibility index (Phi) is 3.51. The van der Waals surface area contributed by atoms with Crippen LogP contribution in [0.5, 0.6) is 0 Å². The van der Waals surface area contributed by atoms with E-state index in [0.29, 0.717) is 12.0 Å². The van der Waals surface area contributed by atoms with Crippen LogP contribution in [0.3, 0.4) is 0 Å². The van der Waals surface area contributed by atoms with Crippen LogP contribution in [0.4, 0.5) is 0 Å². The summed E-state index contributed by atoms with van der Waals surface area (Å²) in [6.07, 6.45) is 2.47. The van der Waals surface area contributed by atoms with Gasteiger partial charge >= 0.3 is 0 Å². The van der Waals surface area contributed by atoms with Crippen LogP contribution in [-0.2, 0) is 14.4 Å². The van der Waals surface area contributed by atoms with Crippen LogP contribution >= 0.6 is 0 Å². The maximum Gasteiger partial charge on any atom is 0.176 e. The van der Waals surface area contributed by atoms with E-state index in [9.17, 15) is 14.4 Å². The van der Waals surface area contributed by atoms with Crippen molar-refractivity contribution in [1.82, 2.24) is 0 Å². The Morgan fingerprint density at radius 1 is 1.17 bits per heavy atom. The quantitative estimate of drug-likeness (QED) is 0.590. The molecule has 2 rings (SSSR count). The lowest BCUT2D eigenvalue weighted by atomic mass is 9.80. The van der Waals surface area contributed by atoms with Gasteiger partial charge in [-0.1, -0.05) is 30.3 Å². The Morgan fingerprint density at radius 3 is 2.44 bits per heavy atom. The first-order valence-electron chi connectivity index (χ1n) is 5.92. The zero-order valence-corrected chi connectivity index (χ0v) is 10.2. The molecule has 0 spiro atoms. The summed E-state index contributed by atoms with van der Waals surface area (Å²) >= 11 is 0. The number of hydrogen-bond donors (Lipinski definition) is 0. The third kappa shape index (κ3) is 2.45.